The SMILES string of the molecule is COc1cccc(CN(C)C(C)COC=O)c1. The van der Waals surface area contributed by atoms with Crippen molar-refractivity contribution in [2.24, 2.45) is 0 Å². The predicted molar refractivity (Wildman–Crippen MR) is 65.9 cm³/mol. The Bertz CT molecular complexity index is 354. The van der Waals surface area contributed by atoms with E-state index >= 15 is 0 Å². The molecular formula is C13H19NO3. The van der Waals surface area contributed by atoms with Crippen molar-refractivity contribution < 1.29 is 14.3 Å². The van der Waals surface area contributed by atoms with Crippen molar-refractivity contribution in [3.63, 3.8) is 0 Å². The molecule has 4 heteroatoms. The Morgan fingerprint density at radius 3 is 2.88 bits per heavy atom. The Labute approximate surface area is 102 Å². The number of methoxy groups -OCH3 is 1. The number of hydrogen-bond acceptors (Lipinski definition) is 4. The average Bonchev–Trinajstić information content (AvgIpc) is 2.36. The van der Waals surface area contributed by atoms with Gasteiger partial charge in [0.25, 0.3) is 6.47 Å². The van der Waals surface area contributed by atoms with Gasteiger partial charge in [0, 0.05) is 12.6 Å². The van der Waals surface area contributed by atoms with E-state index in [9.17, 15) is 4.79 Å². The fourth-order valence-electron chi connectivity index (χ4n) is 1.52. The molecule has 0 aliphatic heterocycles. The summed E-state index contributed by atoms with van der Waals surface area (Å²) in [5.41, 5.74) is 1.17. The molecule has 94 valence electrons. The molecule has 0 aliphatic carbocycles. The monoisotopic (exact) mass is 237 g/mol. The first-order valence-electron chi connectivity index (χ1n) is 5.55. The third-order valence-corrected chi connectivity index (χ3v) is 2.72. The van der Waals surface area contributed by atoms with Crippen LogP contribution >= 0.6 is 0 Å². The lowest BCUT2D eigenvalue weighted by Gasteiger charge is -2.23. The van der Waals surface area contributed by atoms with Crippen molar-refractivity contribution in [3.8, 4) is 5.75 Å². The number of carbonyl (C=O) groups is 1. The zero-order valence-electron chi connectivity index (χ0n) is 10.6. The van der Waals surface area contributed by atoms with Crippen LogP contribution < -0.4 is 4.74 Å². The van der Waals surface area contributed by atoms with E-state index in [1.165, 1.54) is 5.56 Å². The van der Waals surface area contributed by atoms with Gasteiger partial charge < -0.3 is 9.47 Å². The molecule has 0 amide bonds. The molecule has 0 spiro atoms. The van der Waals surface area contributed by atoms with Crippen molar-refractivity contribution >= 4 is 6.47 Å². The van der Waals surface area contributed by atoms with Crippen LogP contribution in [0.3, 0.4) is 0 Å². The smallest absolute Gasteiger partial charge is 0.293 e. The second kappa shape index (κ2) is 6.91. The summed E-state index contributed by atoms with van der Waals surface area (Å²) in [5, 5.41) is 0. The summed E-state index contributed by atoms with van der Waals surface area (Å²) in [4.78, 5) is 12.2. The first-order valence-corrected chi connectivity index (χ1v) is 5.55. The number of likely N-dealkylation sites (N-methyl/N-ethyl adjacent to an activating group) is 1. The van der Waals surface area contributed by atoms with Gasteiger partial charge in [0.2, 0.25) is 0 Å². The molecule has 0 radical (unpaired) electrons. The van der Waals surface area contributed by atoms with Crippen LogP contribution in [0.4, 0.5) is 0 Å². The summed E-state index contributed by atoms with van der Waals surface area (Å²) < 4.78 is 9.92. The average molecular weight is 237 g/mol. The summed E-state index contributed by atoms with van der Waals surface area (Å²) in [6, 6.07) is 8.12. The third kappa shape index (κ3) is 4.44. The summed E-state index contributed by atoms with van der Waals surface area (Å²) in [5.74, 6) is 0.854. The van der Waals surface area contributed by atoms with Gasteiger partial charge in [-0.3, -0.25) is 9.69 Å². The highest BCUT2D eigenvalue weighted by Gasteiger charge is 2.10. The number of carbonyl (C=O) groups excluding carboxylic acids is 1. The molecule has 1 rings (SSSR count). The molecule has 1 unspecified atom stereocenters. The van der Waals surface area contributed by atoms with Crippen molar-refractivity contribution in [1.29, 1.82) is 0 Å². The van der Waals surface area contributed by atoms with Crippen LogP contribution in [0.25, 0.3) is 0 Å². The van der Waals surface area contributed by atoms with Crippen LogP contribution in [-0.4, -0.2) is 38.2 Å². The van der Waals surface area contributed by atoms with Crippen LogP contribution in [0.5, 0.6) is 5.75 Å². The van der Waals surface area contributed by atoms with Crippen LogP contribution in [0, 0.1) is 0 Å². The highest BCUT2D eigenvalue weighted by Crippen LogP contribution is 2.14. The molecule has 4 nitrogen and oxygen atoms in total. The largest absolute Gasteiger partial charge is 0.497 e. The van der Waals surface area contributed by atoms with E-state index in [1.807, 2.05) is 38.2 Å². The lowest BCUT2D eigenvalue weighted by Crippen LogP contribution is -2.32. The van der Waals surface area contributed by atoms with Gasteiger partial charge in [-0.15, -0.1) is 0 Å². The molecule has 17 heavy (non-hydrogen) atoms. The maximum absolute atomic E-state index is 10.1. The zero-order valence-corrected chi connectivity index (χ0v) is 10.6. The second-order valence-electron chi connectivity index (χ2n) is 4.05. The Hall–Kier alpha value is -1.55. The van der Waals surface area contributed by atoms with Crippen LogP contribution in [0.1, 0.15) is 12.5 Å². The molecule has 0 fully saturated rings. The highest BCUT2D eigenvalue weighted by molar-refractivity contribution is 5.36. The lowest BCUT2D eigenvalue weighted by molar-refractivity contribution is -0.130. The van der Waals surface area contributed by atoms with Gasteiger partial charge >= 0.3 is 0 Å². The van der Waals surface area contributed by atoms with E-state index in [1.54, 1.807) is 7.11 Å². The molecule has 0 aromatic heterocycles. The Morgan fingerprint density at radius 1 is 1.47 bits per heavy atom. The van der Waals surface area contributed by atoms with Gasteiger partial charge in [0.1, 0.15) is 12.4 Å². The van der Waals surface area contributed by atoms with E-state index in [2.05, 4.69) is 4.90 Å². The number of rotatable bonds is 7. The summed E-state index contributed by atoms with van der Waals surface area (Å²) in [7, 11) is 3.65. The van der Waals surface area contributed by atoms with Crippen LogP contribution in [-0.2, 0) is 16.1 Å². The summed E-state index contributed by atoms with van der Waals surface area (Å²) in [6.07, 6.45) is 0. The van der Waals surface area contributed by atoms with E-state index < -0.39 is 0 Å². The Kier molecular flexibility index (Phi) is 5.49. The first kappa shape index (κ1) is 13.5. The molecule has 0 N–H and O–H groups in total. The predicted octanol–water partition coefficient (Wildman–Crippen LogP) is 1.69. The van der Waals surface area contributed by atoms with Crippen LogP contribution in [0.2, 0.25) is 0 Å². The molecule has 0 bridgehead atoms. The molecule has 0 heterocycles. The van der Waals surface area contributed by atoms with Gasteiger partial charge in [-0.05, 0) is 31.7 Å². The molecule has 1 aromatic carbocycles. The minimum Gasteiger partial charge on any atom is -0.497 e. The first-order chi connectivity index (χ1) is 8.17. The van der Waals surface area contributed by atoms with Gasteiger partial charge in [-0.25, -0.2) is 0 Å². The number of nitrogens with zero attached hydrogens (tertiary/aromatic N) is 1. The quantitative estimate of drug-likeness (QED) is 0.676. The van der Waals surface area contributed by atoms with Crippen molar-refractivity contribution in [3.05, 3.63) is 29.8 Å². The zero-order chi connectivity index (χ0) is 12.7. The molecule has 0 saturated heterocycles. The number of benzene rings is 1. The molecular weight excluding hydrogens is 218 g/mol. The maximum atomic E-state index is 10.1. The number of hydrogen-bond donors (Lipinski definition) is 0. The minimum atomic E-state index is 0.186. The van der Waals surface area contributed by atoms with E-state index in [4.69, 9.17) is 9.47 Å². The topological polar surface area (TPSA) is 38.8 Å². The maximum Gasteiger partial charge on any atom is 0.293 e. The van der Waals surface area contributed by atoms with E-state index in [0.29, 0.717) is 13.1 Å². The Balaban J connectivity index is 2.54. The van der Waals surface area contributed by atoms with Crippen molar-refractivity contribution in [1.82, 2.24) is 4.90 Å². The second-order valence-corrected chi connectivity index (χ2v) is 4.05. The van der Waals surface area contributed by atoms with Crippen molar-refractivity contribution in [2.75, 3.05) is 20.8 Å². The van der Waals surface area contributed by atoms with Gasteiger partial charge in [0.15, 0.2) is 0 Å². The standard InChI is InChI=1S/C13H19NO3/c1-11(9-17-10-15)14(2)8-12-5-4-6-13(7-12)16-3/h4-7,10-11H,8-9H2,1-3H3. The summed E-state index contributed by atoms with van der Waals surface area (Å²) in [6.45, 7) is 3.70. The summed E-state index contributed by atoms with van der Waals surface area (Å²) >= 11 is 0. The molecule has 1 aromatic rings. The van der Waals surface area contributed by atoms with E-state index in [-0.39, 0.29) is 6.04 Å². The van der Waals surface area contributed by atoms with Gasteiger partial charge in [0.05, 0.1) is 7.11 Å². The fraction of sp³-hybridized carbons (Fsp3) is 0.462. The minimum absolute atomic E-state index is 0.186. The lowest BCUT2D eigenvalue weighted by atomic mass is 10.2. The van der Waals surface area contributed by atoms with Gasteiger partial charge in [-0.1, -0.05) is 12.1 Å². The van der Waals surface area contributed by atoms with Crippen LogP contribution in [0.15, 0.2) is 24.3 Å². The molecule has 0 aliphatic rings. The molecule has 0 saturated carbocycles. The van der Waals surface area contributed by atoms with Crippen molar-refractivity contribution in [2.45, 2.75) is 19.5 Å². The van der Waals surface area contributed by atoms with Gasteiger partial charge in [-0.2, -0.15) is 0 Å². The third-order valence-electron chi connectivity index (χ3n) is 2.72. The molecule has 1 atom stereocenters. The highest BCUT2D eigenvalue weighted by atomic mass is 16.5. The number of ether oxygens (including phenoxy) is 2. The fourth-order valence-corrected chi connectivity index (χ4v) is 1.52. The normalized spacial score (nSPS) is 12.2. The Morgan fingerprint density at radius 2 is 2.24 bits per heavy atom. The van der Waals surface area contributed by atoms with E-state index in [0.717, 1.165) is 12.3 Å².